The zero-order valence-corrected chi connectivity index (χ0v) is 26.3. The predicted molar refractivity (Wildman–Crippen MR) is 172 cm³/mol. The van der Waals surface area contributed by atoms with Gasteiger partial charge in [-0.1, -0.05) is 69.6 Å². The minimum Gasteiger partial charge on any atom is -0.396 e. The van der Waals surface area contributed by atoms with Crippen LogP contribution in [0.5, 0.6) is 0 Å². The van der Waals surface area contributed by atoms with E-state index in [2.05, 4.69) is 26.0 Å². The SMILES string of the molecule is CCc1cccc(CC)c1-n1c(C(C)C)c(C(=O)N2CCC[C@H](CO)C2)cc(-c2nc(-c3ccc(Cl)cc3)cs2)c1=O. The Bertz CT molecular complexity index is 1620. The first kappa shape index (κ1) is 30.2. The Morgan fingerprint density at radius 3 is 2.43 bits per heavy atom. The van der Waals surface area contributed by atoms with Gasteiger partial charge in [-0.05, 0) is 66.8 Å². The molecule has 0 saturated carbocycles. The Hall–Kier alpha value is -3.26. The maximum Gasteiger partial charge on any atom is 0.265 e. The van der Waals surface area contributed by atoms with Crippen LogP contribution in [0.2, 0.25) is 5.02 Å². The normalized spacial score (nSPS) is 15.4. The smallest absolute Gasteiger partial charge is 0.265 e. The lowest BCUT2D eigenvalue weighted by Crippen LogP contribution is -2.42. The number of benzene rings is 2. The van der Waals surface area contributed by atoms with Crippen molar-refractivity contribution in [1.29, 1.82) is 0 Å². The Kier molecular flexibility index (Phi) is 9.31. The van der Waals surface area contributed by atoms with Gasteiger partial charge in [-0.3, -0.25) is 14.2 Å². The van der Waals surface area contributed by atoms with Crippen LogP contribution in [0.25, 0.3) is 27.5 Å². The third-order valence-corrected chi connectivity index (χ3v) is 9.27. The van der Waals surface area contributed by atoms with Crippen molar-refractivity contribution in [2.45, 2.75) is 59.3 Å². The van der Waals surface area contributed by atoms with Crippen LogP contribution in [-0.4, -0.2) is 45.2 Å². The fourth-order valence-corrected chi connectivity index (χ4v) is 6.93. The second kappa shape index (κ2) is 12.9. The standard InChI is InChI=1S/C34H38ClN3O3S/c1-5-23-10-7-11-24(6-2)31(23)38-30(21(3)4)27(33(40)37-16-8-9-22(18-37)19-39)17-28(34(38)41)32-36-29(20-42-32)25-12-14-26(35)15-13-25/h7,10-15,17,20-22,39H,5-6,8-9,16,18-19H2,1-4H3/t22-/m0/s1. The number of para-hydroxylation sites is 1. The first-order valence-electron chi connectivity index (χ1n) is 14.8. The molecule has 1 N–H and O–H groups in total. The molecule has 0 bridgehead atoms. The van der Waals surface area contributed by atoms with E-state index in [1.807, 2.05) is 59.0 Å². The zero-order chi connectivity index (χ0) is 30.0. The maximum absolute atomic E-state index is 14.6. The Morgan fingerprint density at radius 2 is 1.81 bits per heavy atom. The summed E-state index contributed by atoms with van der Waals surface area (Å²) < 4.78 is 1.81. The van der Waals surface area contributed by atoms with Crippen LogP contribution in [-0.2, 0) is 12.8 Å². The van der Waals surface area contributed by atoms with Crippen LogP contribution in [0, 0.1) is 5.92 Å². The largest absolute Gasteiger partial charge is 0.396 e. The summed E-state index contributed by atoms with van der Waals surface area (Å²) in [4.78, 5) is 35.7. The lowest BCUT2D eigenvalue weighted by atomic mass is 9.94. The van der Waals surface area contributed by atoms with Crippen molar-refractivity contribution in [2.24, 2.45) is 5.92 Å². The van der Waals surface area contributed by atoms with Crippen LogP contribution in [0.3, 0.4) is 0 Å². The highest BCUT2D eigenvalue weighted by molar-refractivity contribution is 7.13. The minimum absolute atomic E-state index is 0.0574. The van der Waals surface area contributed by atoms with Crippen molar-refractivity contribution < 1.29 is 9.90 Å². The number of amides is 1. The Morgan fingerprint density at radius 1 is 1.12 bits per heavy atom. The average Bonchev–Trinajstić information content (AvgIpc) is 3.50. The second-order valence-electron chi connectivity index (χ2n) is 11.3. The summed E-state index contributed by atoms with van der Waals surface area (Å²) in [5.74, 6) is -0.142. The van der Waals surface area contributed by atoms with E-state index in [9.17, 15) is 14.7 Å². The molecule has 1 saturated heterocycles. The number of likely N-dealkylation sites (tertiary alicyclic amines) is 1. The fraction of sp³-hybridized carbons (Fsp3) is 0.382. The third-order valence-electron chi connectivity index (χ3n) is 8.14. The summed E-state index contributed by atoms with van der Waals surface area (Å²) in [5.41, 5.74) is 6.13. The van der Waals surface area contributed by atoms with Gasteiger partial charge in [-0.2, -0.15) is 0 Å². The molecule has 1 atom stereocenters. The molecular formula is C34H38ClN3O3S. The average molecular weight is 604 g/mol. The van der Waals surface area contributed by atoms with Crippen molar-refractivity contribution in [3.8, 4) is 27.5 Å². The maximum atomic E-state index is 14.6. The lowest BCUT2D eigenvalue weighted by Gasteiger charge is -2.33. The molecule has 1 fully saturated rings. The molecule has 1 aliphatic rings. The van der Waals surface area contributed by atoms with Crippen molar-refractivity contribution in [2.75, 3.05) is 19.7 Å². The highest BCUT2D eigenvalue weighted by Gasteiger charge is 2.31. The molecule has 0 unspecified atom stereocenters. The van der Waals surface area contributed by atoms with Gasteiger partial charge in [0.1, 0.15) is 5.01 Å². The molecular weight excluding hydrogens is 566 g/mol. The van der Waals surface area contributed by atoms with Gasteiger partial charge in [0.2, 0.25) is 0 Å². The molecule has 220 valence electrons. The van der Waals surface area contributed by atoms with Crippen LogP contribution >= 0.6 is 22.9 Å². The molecule has 42 heavy (non-hydrogen) atoms. The number of nitrogens with zero attached hydrogens (tertiary/aromatic N) is 3. The van der Waals surface area contributed by atoms with Gasteiger partial charge in [0.15, 0.2) is 0 Å². The van der Waals surface area contributed by atoms with Gasteiger partial charge in [0, 0.05) is 41.4 Å². The van der Waals surface area contributed by atoms with Gasteiger partial charge in [0.25, 0.3) is 11.5 Å². The molecule has 4 aromatic rings. The minimum atomic E-state index is -0.172. The number of aliphatic hydroxyl groups is 1. The predicted octanol–water partition coefficient (Wildman–Crippen LogP) is 7.37. The van der Waals surface area contributed by atoms with E-state index >= 15 is 0 Å². The van der Waals surface area contributed by atoms with Crippen molar-refractivity contribution >= 4 is 28.8 Å². The van der Waals surface area contributed by atoms with Gasteiger partial charge in [-0.25, -0.2) is 4.98 Å². The highest BCUT2D eigenvalue weighted by atomic mass is 35.5. The van der Waals surface area contributed by atoms with Crippen LogP contribution in [0.15, 0.2) is 58.7 Å². The summed E-state index contributed by atoms with van der Waals surface area (Å²) in [5, 5.41) is 13.0. The van der Waals surface area contributed by atoms with Crippen LogP contribution < -0.4 is 5.56 Å². The molecule has 5 rings (SSSR count). The number of carbonyl (C=O) groups is 1. The number of carbonyl (C=O) groups excluding carboxylic acids is 1. The topological polar surface area (TPSA) is 75.4 Å². The molecule has 0 radical (unpaired) electrons. The molecule has 3 heterocycles. The quantitative estimate of drug-likeness (QED) is 0.228. The zero-order valence-electron chi connectivity index (χ0n) is 24.7. The number of hydrogen-bond acceptors (Lipinski definition) is 5. The van der Waals surface area contributed by atoms with Crippen molar-refractivity contribution in [3.05, 3.63) is 91.7 Å². The first-order chi connectivity index (χ1) is 20.3. The van der Waals surface area contributed by atoms with Crippen LogP contribution in [0.1, 0.15) is 73.6 Å². The van der Waals surface area contributed by atoms with Gasteiger partial charge in [-0.15, -0.1) is 11.3 Å². The first-order valence-corrected chi connectivity index (χ1v) is 16.1. The number of aliphatic hydroxyl groups excluding tert-OH is 1. The van der Waals surface area contributed by atoms with E-state index in [1.165, 1.54) is 11.3 Å². The molecule has 2 aromatic heterocycles. The van der Waals surface area contributed by atoms with Gasteiger partial charge >= 0.3 is 0 Å². The molecule has 1 aliphatic heterocycles. The Labute approximate surface area is 256 Å². The number of thiazole rings is 1. The number of hydrogen-bond donors (Lipinski definition) is 1. The molecule has 2 aromatic carbocycles. The summed E-state index contributed by atoms with van der Waals surface area (Å²) >= 11 is 7.50. The van der Waals surface area contributed by atoms with Gasteiger partial charge < -0.3 is 10.0 Å². The number of halogens is 1. The molecule has 8 heteroatoms. The fourth-order valence-electron chi connectivity index (χ4n) is 5.97. The number of pyridine rings is 1. The van der Waals surface area contributed by atoms with Crippen molar-refractivity contribution in [3.63, 3.8) is 0 Å². The molecule has 0 spiro atoms. The summed E-state index contributed by atoms with van der Waals surface area (Å²) in [6, 6.07) is 15.4. The van der Waals surface area contributed by atoms with E-state index < -0.39 is 0 Å². The van der Waals surface area contributed by atoms with E-state index in [4.69, 9.17) is 16.6 Å². The molecule has 0 aliphatic carbocycles. The molecule has 6 nitrogen and oxygen atoms in total. The summed E-state index contributed by atoms with van der Waals surface area (Å²) in [6.07, 6.45) is 3.25. The van der Waals surface area contributed by atoms with E-state index in [0.717, 1.165) is 53.8 Å². The number of aromatic nitrogens is 2. The highest BCUT2D eigenvalue weighted by Crippen LogP contribution is 2.34. The second-order valence-corrected chi connectivity index (χ2v) is 12.6. The number of piperidine rings is 1. The van der Waals surface area contributed by atoms with E-state index in [0.29, 0.717) is 39.9 Å². The number of rotatable bonds is 8. The van der Waals surface area contributed by atoms with Gasteiger partial charge in [0.05, 0.1) is 22.5 Å². The number of aryl methyl sites for hydroxylation is 2. The monoisotopic (exact) mass is 603 g/mol. The van der Waals surface area contributed by atoms with Crippen molar-refractivity contribution in [1.82, 2.24) is 14.5 Å². The third kappa shape index (κ3) is 5.83. The van der Waals surface area contributed by atoms with E-state index in [-0.39, 0.29) is 29.9 Å². The van der Waals surface area contributed by atoms with Crippen LogP contribution in [0.4, 0.5) is 0 Å². The lowest BCUT2D eigenvalue weighted by molar-refractivity contribution is 0.0618. The Balaban J connectivity index is 1.78. The molecule has 1 amide bonds. The summed E-state index contributed by atoms with van der Waals surface area (Å²) in [7, 11) is 0. The summed E-state index contributed by atoms with van der Waals surface area (Å²) in [6.45, 7) is 9.46. The van der Waals surface area contributed by atoms with E-state index in [1.54, 1.807) is 6.07 Å².